The molecule has 0 spiro atoms. The highest BCUT2D eigenvalue weighted by Gasteiger charge is 2.15. The van der Waals surface area contributed by atoms with Crippen molar-refractivity contribution in [2.45, 2.75) is 25.8 Å². The summed E-state index contributed by atoms with van der Waals surface area (Å²) in [6.07, 6.45) is 4.40. The highest BCUT2D eigenvalue weighted by molar-refractivity contribution is 6.00. The standard InChI is InChI=1S/C24H23F2N3O2/c25-18-13-17(14-19(26)15-18)16-29-23-20-7-6-11-28-24(20)31-22-9-3-2-8-21(22)30-12-5-1-4-10-27-23/h2-3,6-9,11,13-15H,1,4-5,10,12,16H2,(H,27,29). The van der Waals surface area contributed by atoms with Crippen molar-refractivity contribution in [3.05, 3.63) is 83.6 Å². The van der Waals surface area contributed by atoms with Crippen molar-refractivity contribution in [2.75, 3.05) is 13.2 Å². The van der Waals surface area contributed by atoms with Crippen LogP contribution in [-0.4, -0.2) is 24.0 Å². The van der Waals surface area contributed by atoms with E-state index >= 15 is 0 Å². The van der Waals surface area contributed by atoms with Gasteiger partial charge in [-0.15, -0.1) is 0 Å². The molecule has 1 aliphatic heterocycles. The lowest BCUT2D eigenvalue weighted by Crippen LogP contribution is -2.25. The molecule has 3 aromatic rings. The molecule has 0 atom stereocenters. The number of fused-ring (bicyclic) bond motifs is 2. The van der Waals surface area contributed by atoms with E-state index in [1.807, 2.05) is 30.3 Å². The quantitative estimate of drug-likeness (QED) is 0.612. The predicted octanol–water partition coefficient (Wildman–Crippen LogP) is 5.25. The first kappa shape index (κ1) is 20.8. The van der Waals surface area contributed by atoms with Gasteiger partial charge in [0.05, 0.1) is 12.2 Å². The lowest BCUT2D eigenvalue weighted by atomic mass is 10.2. The van der Waals surface area contributed by atoms with Crippen LogP contribution in [0.15, 0.2) is 65.8 Å². The molecule has 0 bridgehead atoms. The van der Waals surface area contributed by atoms with E-state index in [4.69, 9.17) is 14.5 Å². The zero-order chi connectivity index (χ0) is 21.5. The number of hydrogen-bond donors (Lipinski definition) is 1. The summed E-state index contributed by atoms with van der Waals surface area (Å²) >= 11 is 0. The molecular weight excluding hydrogens is 400 g/mol. The van der Waals surface area contributed by atoms with Crippen LogP contribution in [0.4, 0.5) is 8.78 Å². The summed E-state index contributed by atoms with van der Waals surface area (Å²) in [4.78, 5) is 9.09. The molecule has 2 heterocycles. The zero-order valence-corrected chi connectivity index (χ0v) is 17.0. The number of benzene rings is 2. The molecule has 2 aromatic carbocycles. The number of aliphatic imine (C=N–C) groups is 1. The Kier molecular flexibility index (Phi) is 6.72. The van der Waals surface area contributed by atoms with E-state index in [9.17, 15) is 8.78 Å². The zero-order valence-electron chi connectivity index (χ0n) is 17.0. The monoisotopic (exact) mass is 423 g/mol. The Hall–Kier alpha value is -3.48. The molecule has 7 heteroatoms. The van der Waals surface area contributed by atoms with Gasteiger partial charge in [0.1, 0.15) is 17.5 Å². The fourth-order valence-electron chi connectivity index (χ4n) is 3.31. The first-order valence-corrected chi connectivity index (χ1v) is 10.3. The van der Waals surface area contributed by atoms with Crippen molar-refractivity contribution in [1.82, 2.24) is 10.3 Å². The molecule has 0 aliphatic carbocycles. The largest absolute Gasteiger partial charge is 0.490 e. The van der Waals surface area contributed by atoms with E-state index < -0.39 is 11.6 Å². The summed E-state index contributed by atoms with van der Waals surface area (Å²) in [5.74, 6) is 0.916. The van der Waals surface area contributed by atoms with Gasteiger partial charge < -0.3 is 14.8 Å². The number of nitrogens with zero attached hydrogens (tertiary/aromatic N) is 2. The van der Waals surface area contributed by atoms with E-state index in [0.717, 1.165) is 25.3 Å². The summed E-state index contributed by atoms with van der Waals surface area (Å²) in [5, 5.41) is 3.21. The van der Waals surface area contributed by atoms with Gasteiger partial charge in [-0.2, -0.15) is 0 Å². The van der Waals surface area contributed by atoms with Gasteiger partial charge in [-0.05, 0) is 61.2 Å². The van der Waals surface area contributed by atoms with Crippen LogP contribution in [0.5, 0.6) is 17.4 Å². The Morgan fingerprint density at radius 3 is 2.55 bits per heavy atom. The molecule has 5 nitrogen and oxygen atoms in total. The minimum Gasteiger partial charge on any atom is -0.490 e. The van der Waals surface area contributed by atoms with Gasteiger partial charge >= 0.3 is 0 Å². The first-order valence-electron chi connectivity index (χ1n) is 10.3. The number of rotatable bonds is 2. The van der Waals surface area contributed by atoms with E-state index in [1.54, 1.807) is 12.3 Å². The number of para-hydroxylation sites is 2. The summed E-state index contributed by atoms with van der Waals surface area (Å²) in [5.41, 5.74) is 1.14. The highest BCUT2D eigenvalue weighted by Crippen LogP contribution is 2.32. The number of aromatic nitrogens is 1. The number of pyridine rings is 1. The fraction of sp³-hybridized carbons (Fsp3) is 0.250. The van der Waals surface area contributed by atoms with E-state index in [-0.39, 0.29) is 6.54 Å². The second-order valence-corrected chi connectivity index (χ2v) is 7.18. The van der Waals surface area contributed by atoms with Crippen LogP contribution in [0.2, 0.25) is 0 Å². The summed E-state index contributed by atoms with van der Waals surface area (Å²) in [6, 6.07) is 14.5. The molecule has 0 saturated heterocycles. The molecule has 31 heavy (non-hydrogen) atoms. The molecule has 0 fully saturated rings. The van der Waals surface area contributed by atoms with Crippen LogP contribution < -0.4 is 14.8 Å². The molecule has 160 valence electrons. The second-order valence-electron chi connectivity index (χ2n) is 7.18. The van der Waals surface area contributed by atoms with Crippen molar-refractivity contribution in [3.63, 3.8) is 0 Å². The van der Waals surface area contributed by atoms with E-state index in [0.29, 0.717) is 47.5 Å². The van der Waals surface area contributed by atoms with Gasteiger partial charge in [-0.1, -0.05) is 12.1 Å². The maximum atomic E-state index is 13.6. The van der Waals surface area contributed by atoms with Crippen molar-refractivity contribution in [1.29, 1.82) is 0 Å². The fourth-order valence-corrected chi connectivity index (χ4v) is 3.31. The van der Waals surface area contributed by atoms with Gasteiger partial charge in [0.25, 0.3) is 0 Å². The summed E-state index contributed by atoms with van der Waals surface area (Å²) in [7, 11) is 0. The summed E-state index contributed by atoms with van der Waals surface area (Å²) < 4.78 is 39.1. The van der Waals surface area contributed by atoms with Gasteiger partial charge in [-0.25, -0.2) is 13.8 Å². The topological polar surface area (TPSA) is 55.7 Å². The van der Waals surface area contributed by atoms with Crippen LogP contribution in [-0.2, 0) is 6.54 Å². The molecule has 0 radical (unpaired) electrons. The second kappa shape index (κ2) is 10.0. The Balaban J connectivity index is 1.65. The van der Waals surface area contributed by atoms with Crippen molar-refractivity contribution < 1.29 is 18.3 Å². The minimum absolute atomic E-state index is 0.210. The van der Waals surface area contributed by atoms with Crippen LogP contribution in [0.1, 0.15) is 30.4 Å². The molecule has 0 amide bonds. The van der Waals surface area contributed by atoms with Crippen LogP contribution in [0.25, 0.3) is 0 Å². The predicted molar refractivity (Wildman–Crippen MR) is 115 cm³/mol. The van der Waals surface area contributed by atoms with Crippen molar-refractivity contribution in [3.8, 4) is 17.4 Å². The first-order chi connectivity index (χ1) is 15.2. The molecule has 1 N–H and O–H groups in total. The third kappa shape index (κ3) is 5.57. The lowest BCUT2D eigenvalue weighted by molar-refractivity contribution is 0.291. The van der Waals surface area contributed by atoms with E-state index in [2.05, 4.69) is 10.3 Å². The Morgan fingerprint density at radius 1 is 0.903 bits per heavy atom. The Morgan fingerprint density at radius 2 is 1.71 bits per heavy atom. The third-order valence-corrected chi connectivity index (χ3v) is 4.79. The van der Waals surface area contributed by atoms with Crippen LogP contribution >= 0.6 is 0 Å². The number of amidine groups is 1. The molecule has 4 rings (SSSR count). The lowest BCUT2D eigenvalue weighted by Gasteiger charge is -2.15. The molecular formula is C24H23F2N3O2. The number of halogens is 2. The van der Waals surface area contributed by atoms with Gasteiger partial charge in [0, 0.05) is 25.4 Å². The Labute approximate surface area is 179 Å². The molecule has 0 unspecified atom stereocenters. The average Bonchev–Trinajstić information content (AvgIpc) is 2.77. The minimum atomic E-state index is -0.615. The maximum absolute atomic E-state index is 13.6. The highest BCUT2D eigenvalue weighted by atomic mass is 19.1. The van der Waals surface area contributed by atoms with Crippen molar-refractivity contribution >= 4 is 5.84 Å². The number of nitrogens with one attached hydrogen (secondary N) is 1. The third-order valence-electron chi connectivity index (χ3n) is 4.79. The smallest absolute Gasteiger partial charge is 0.230 e. The normalized spacial score (nSPS) is 14.3. The van der Waals surface area contributed by atoms with Crippen LogP contribution in [0.3, 0.4) is 0 Å². The maximum Gasteiger partial charge on any atom is 0.230 e. The molecule has 1 aliphatic rings. The molecule has 0 saturated carbocycles. The van der Waals surface area contributed by atoms with E-state index in [1.165, 1.54) is 12.1 Å². The van der Waals surface area contributed by atoms with Gasteiger partial charge in [-0.3, -0.25) is 4.99 Å². The number of hydrogen-bond acceptors (Lipinski definition) is 5. The number of ether oxygens (including phenoxy) is 2. The van der Waals surface area contributed by atoms with Crippen LogP contribution in [0, 0.1) is 11.6 Å². The SMILES string of the molecule is Fc1cc(F)cc(CNC2=NCCCCCOc3ccccc3Oc3ncccc32)c1. The molecule has 1 aromatic heterocycles. The van der Waals surface area contributed by atoms with Crippen molar-refractivity contribution in [2.24, 2.45) is 4.99 Å². The average molecular weight is 423 g/mol. The van der Waals surface area contributed by atoms with Gasteiger partial charge in [0.15, 0.2) is 11.5 Å². The van der Waals surface area contributed by atoms with Gasteiger partial charge in [0.2, 0.25) is 5.88 Å². The summed E-state index contributed by atoms with van der Waals surface area (Å²) in [6.45, 7) is 1.40. The Bertz CT molecular complexity index is 1050.